The molecule has 13 heteroatoms. The van der Waals surface area contributed by atoms with Gasteiger partial charge in [-0.05, 0) is 55.2 Å². The molecule has 4 saturated carbocycles. The molecule has 7 rings (SSSR count). The fourth-order valence-electron chi connectivity index (χ4n) is 6.49. The van der Waals surface area contributed by atoms with E-state index in [0.29, 0.717) is 18.4 Å². The zero-order chi connectivity index (χ0) is 25.4. The summed E-state index contributed by atoms with van der Waals surface area (Å²) in [5.74, 6) is 0.508. The van der Waals surface area contributed by atoms with Gasteiger partial charge in [0.2, 0.25) is 10.0 Å². The van der Waals surface area contributed by atoms with Crippen LogP contribution in [0.1, 0.15) is 50.5 Å². The van der Waals surface area contributed by atoms with Crippen LogP contribution in [0.25, 0.3) is 0 Å². The first kappa shape index (κ1) is 24.4. The topological polar surface area (TPSA) is 145 Å². The van der Waals surface area contributed by atoms with E-state index in [1.165, 1.54) is 12.8 Å². The minimum Gasteiger partial charge on any atom is -0.511 e. The van der Waals surface area contributed by atoms with Crippen LogP contribution in [0, 0.1) is 23.7 Å². The number of amidine groups is 1. The smallest absolute Gasteiger partial charge is 0.287 e. The van der Waals surface area contributed by atoms with E-state index in [9.17, 15) is 26.7 Å². The standard InChI is InChI=1S/C23H30N4O6S3/c1-35(30,31)24-10-15-11-34-22-20(15)36(32,33)26-21(25-22)17-19(28)16-13-4-6-14(7-5-13)18(16)27(23(17)29)9-8-12-2-3-12/h11-14,16,18,24,28H,2-10H2,1H3,(H,25,26). The highest BCUT2D eigenvalue weighted by atomic mass is 32.2. The molecule has 2 bridgehead atoms. The molecule has 196 valence electrons. The van der Waals surface area contributed by atoms with Gasteiger partial charge in [-0.3, -0.25) is 4.79 Å². The third-order valence-corrected chi connectivity index (χ3v) is 11.5. The van der Waals surface area contributed by atoms with Crippen molar-refractivity contribution in [3.05, 3.63) is 22.3 Å². The van der Waals surface area contributed by atoms with Crippen LogP contribution >= 0.6 is 11.3 Å². The average Bonchev–Trinajstić information content (AvgIpc) is 3.54. The lowest BCUT2D eigenvalue weighted by atomic mass is 9.59. The number of hydrogen-bond acceptors (Lipinski definition) is 8. The maximum Gasteiger partial charge on any atom is 0.287 e. The monoisotopic (exact) mass is 554 g/mol. The average molecular weight is 555 g/mol. The van der Waals surface area contributed by atoms with E-state index in [1.54, 1.807) is 5.38 Å². The molecule has 4 aliphatic carbocycles. The van der Waals surface area contributed by atoms with Gasteiger partial charge in [-0.15, -0.1) is 15.7 Å². The Kier molecular flexibility index (Phi) is 5.78. The maximum atomic E-state index is 13.9. The molecule has 3 heterocycles. The van der Waals surface area contributed by atoms with Crippen molar-refractivity contribution in [2.75, 3.05) is 18.1 Å². The number of thiophene rings is 1. The molecule has 1 aromatic rings. The van der Waals surface area contributed by atoms with Crippen molar-refractivity contribution in [1.29, 1.82) is 0 Å². The van der Waals surface area contributed by atoms with Crippen molar-refractivity contribution < 1.29 is 26.7 Å². The molecule has 0 spiro atoms. The molecule has 3 N–H and O–H groups in total. The van der Waals surface area contributed by atoms with Crippen LogP contribution in [0.3, 0.4) is 0 Å². The maximum absolute atomic E-state index is 13.9. The van der Waals surface area contributed by atoms with Crippen LogP contribution in [0.5, 0.6) is 0 Å². The molecular formula is C23H30N4O6S3. The van der Waals surface area contributed by atoms with Crippen LogP contribution in [0.15, 0.2) is 26.0 Å². The van der Waals surface area contributed by atoms with E-state index >= 15 is 0 Å². The number of aliphatic hydroxyl groups is 1. The summed E-state index contributed by atoms with van der Waals surface area (Å²) in [7, 11) is -7.75. The van der Waals surface area contributed by atoms with Crippen molar-refractivity contribution in [3.8, 4) is 0 Å². The number of fused-ring (bicyclic) bond motifs is 3. The van der Waals surface area contributed by atoms with Crippen LogP contribution in [-0.4, -0.2) is 57.4 Å². The van der Waals surface area contributed by atoms with Crippen LogP contribution < -0.4 is 10.0 Å². The molecule has 2 unspecified atom stereocenters. The summed E-state index contributed by atoms with van der Waals surface area (Å²) in [5.41, 5.74) is 0.234. The number of nitrogens with one attached hydrogen (secondary N) is 2. The second kappa shape index (κ2) is 8.53. The SMILES string of the molecule is CS(=O)(=O)NCc1csc2c1S(=O)(=O)N=C(C1=C(O)C3C4CCC(CC4)C3N(CCC3CC3)C1=O)N2. The van der Waals surface area contributed by atoms with Gasteiger partial charge in [0.05, 0.1) is 6.26 Å². The second-order valence-corrected chi connectivity index (χ2v) is 15.0. The first-order chi connectivity index (χ1) is 17.0. The first-order valence-electron chi connectivity index (χ1n) is 12.4. The Bertz CT molecular complexity index is 1380. The number of sulfonamides is 2. The molecule has 0 radical (unpaired) electrons. The summed E-state index contributed by atoms with van der Waals surface area (Å²) in [6.45, 7) is 0.418. The summed E-state index contributed by atoms with van der Waals surface area (Å²) < 4.78 is 55.7. The Balaban J connectivity index is 1.38. The van der Waals surface area contributed by atoms with E-state index in [2.05, 4.69) is 14.4 Å². The molecule has 0 saturated heterocycles. The number of hydrogen-bond donors (Lipinski definition) is 3. The molecule has 10 nitrogen and oxygen atoms in total. The fraction of sp³-hybridized carbons (Fsp3) is 0.652. The molecule has 1 aromatic heterocycles. The van der Waals surface area contributed by atoms with E-state index in [4.69, 9.17) is 0 Å². The Labute approximate surface area is 215 Å². The van der Waals surface area contributed by atoms with Gasteiger partial charge >= 0.3 is 0 Å². The predicted molar refractivity (Wildman–Crippen MR) is 136 cm³/mol. The number of aliphatic hydroxyl groups excluding tert-OH is 1. The van der Waals surface area contributed by atoms with Crippen LogP contribution in [0.4, 0.5) is 5.00 Å². The normalized spacial score (nSPS) is 31.1. The largest absolute Gasteiger partial charge is 0.511 e. The van der Waals surface area contributed by atoms with E-state index < -0.39 is 20.0 Å². The Hall–Kier alpha value is -1.96. The van der Waals surface area contributed by atoms with E-state index in [-0.39, 0.29) is 63.0 Å². The third kappa shape index (κ3) is 4.17. The molecule has 1 amide bonds. The zero-order valence-corrected chi connectivity index (χ0v) is 22.4. The third-order valence-electron chi connectivity index (χ3n) is 8.34. The summed E-state index contributed by atoms with van der Waals surface area (Å²) in [4.78, 5) is 15.7. The van der Waals surface area contributed by atoms with Crippen LogP contribution in [0.2, 0.25) is 0 Å². The van der Waals surface area contributed by atoms with E-state index in [1.807, 2.05) is 4.90 Å². The Morgan fingerprint density at radius 2 is 1.89 bits per heavy atom. The lowest BCUT2D eigenvalue weighted by Crippen LogP contribution is -2.60. The quantitative estimate of drug-likeness (QED) is 0.470. The van der Waals surface area contributed by atoms with Gasteiger partial charge < -0.3 is 15.3 Å². The highest BCUT2D eigenvalue weighted by Gasteiger charge is 2.54. The lowest BCUT2D eigenvalue weighted by molar-refractivity contribution is -0.139. The predicted octanol–water partition coefficient (Wildman–Crippen LogP) is 2.57. The summed E-state index contributed by atoms with van der Waals surface area (Å²) in [6.07, 6.45) is 8.38. The van der Waals surface area contributed by atoms with Crippen molar-refractivity contribution in [2.45, 2.75) is 62.4 Å². The van der Waals surface area contributed by atoms with E-state index in [0.717, 1.165) is 49.7 Å². The Morgan fingerprint density at radius 3 is 2.56 bits per heavy atom. The van der Waals surface area contributed by atoms with Crippen molar-refractivity contribution >= 4 is 48.1 Å². The molecule has 36 heavy (non-hydrogen) atoms. The summed E-state index contributed by atoms with van der Waals surface area (Å²) >= 11 is 1.10. The zero-order valence-electron chi connectivity index (χ0n) is 19.9. The number of rotatable bonds is 7. The van der Waals surface area contributed by atoms with Gasteiger partial charge in [0, 0.05) is 30.6 Å². The molecule has 4 fully saturated rings. The summed E-state index contributed by atoms with van der Waals surface area (Å²) in [5, 5.41) is 16.3. The molecule has 6 aliphatic rings. The van der Waals surface area contributed by atoms with Gasteiger partial charge in [0.15, 0.2) is 5.84 Å². The molecule has 0 aromatic carbocycles. The number of anilines is 1. The van der Waals surface area contributed by atoms with Crippen molar-refractivity contribution in [3.63, 3.8) is 0 Å². The highest BCUT2D eigenvalue weighted by Crippen LogP contribution is 2.52. The second-order valence-electron chi connectivity index (χ2n) is 10.7. The van der Waals surface area contributed by atoms with Gasteiger partial charge in [-0.25, -0.2) is 13.1 Å². The highest BCUT2D eigenvalue weighted by molar-refractivity contribution is 7.91. The van der Waals surface area contributed by atoms with Gasteiger partial charge in [0.1, 0.15) is 21.2 Å². The van der Waals surface area contributed by atoms with Gasteiger partial charge in [0.25, 0.3) is 15.9 Å². The van der Waals surface area contributed by atoms with Crippen molar-refractivity contribution in [2.24, 2.45) is 28.1 Å². The number of nitrogens with zero attached hydrogens (tertiary/aromatic N) is 2. The lowest BCUT2D eigenvalue weighted by Gasteiger charge is -2.54. The van der Waals surface area contributed by atoms with Gasteiger partial charge in [-0.2, -0.15) is 8.42 Å². The first-order valence-corrected chi connectivity index (χ1v) is 16.7. The number of amides is 1. The Morgan fingerprint density at radius 1 is 1.19 bits per heavy atom. The minimum absolute atomic E-state index is 0.0394. The minimum atomic E-state index is -4.23. The molecular weight excluding hydrogens is 524 g/mol. The van der Waals surface area contributed by atoms with Gasteiger partial charge in [-0.1, -0.05) is 12.8 Å². The molecule has 2 aliphatic heterocycles. The summed E-state index contributed by atoms with van der Waals surface area (Å²) in [6, 6.07) is -0.0423. The fourth-order valence-corrected chi connectivity index (χ4v) is 9.52. The number of carbonyl (C=O) groups excluding carboxylic acids is 1. The van der Waals surface area contributed by atoms with Crippen molar-refractivity contribution in [1.82, 2.24) is 9.62 Å². The van der Waals surface area contributed by atoms with Crippen LogP contribution in [-0.2, 0) is 31.4 Å². The number of carbonyl (C=O) groups is 1. The molecule has 2 atom stereocenters.